The van der Waals surface area contributed by atoms with Crippen LogP contribution in [0.2, 0.25) is 0 Å². The number of hydrogen-bond acceptors (Lipinski definition) is 2. The number of anilines is 1. The average molecular weight is 345 g/mol. The van der Waals surface area contributed by atoms with E-state index in [1.165, 1.54) is 6.92 Å². The van der Waals surface area contributed by atoms with Crippen LogP contribution in [0.1, 0.15) is 23.6 Å². The van der Waals surface area contributed by atoms with Gasteiger partial charge in [-0.2, -0.15) is 0 Å². The minimum absolute atomic E-state index is 0.112. The van der Waals surface area contributed by atoms with Crippen molar-refractivity contribution in [3.05, 3.63) is 102 Å². The van der Waals surface area contributed by atoms with Crippen molar-refractivity contribution in [3.8, 4) is 0 Å². The SMILES string of the molecule is CC(=O)N(CC(O)(c1ccccc1)c1ccccc1)c1ccc(C)cc1. The van der Waals surface area contributed by atoms with Crippen LogP contribution in [-0.4, -0.2) is 17.6 Å². The van der Waals surface area contributed by atoms with Crippen molar-refractivity contribution >= 4 is 11.6 Å². The lowest BCUT2D eigenvalue weighted by molar-refractivity contribution is -0.117. The van der Waals surface area contributed by atoms with Crippen molar-refractivity contribution < 1.29 is 9.90 Å². The second kappa shape index (κ2) is 7.54. The van der Waals surface area contributed by atoms with Gasteiger partial charge in [-0.1, -0.05) is 78.4 Å². The summed E-state index contributed by atoms with van der Waals surface area (Å²) in [5.41, 5.74) is 2.10. The predicted octanol–water partition coefficient (Wildman–Crippen LogP) is 4.28. The standard InChI is InChI=1S/C23H23NO2/c1-18-13-15-22(16-14-18)24(19(2)25)17-23(26,20-9-5-3-6-10-20)21-11-7-4-8-12-21/h3-16,26H,17H2,1-2H3. The monoisotopic (exact) mass is 345 g/mol. The maximum atomic E-state index is 12.4. The first kappa shape index (κ1) is 17.9. The van der Waals surface area contributed by atoms with E-state index in [1.54, 1.807) is 4.90 Å². The molecule has 3 rings (SSSR count). The van der Waals surface area contributed by atoms with Gasteiger partial charge < -0.3 is 10.0 Å². The maximum Gasteiger partial charge on any atom is 0.223 e. The molecule has 0 atom stereocenters. The highest BCUT2D eigenvalue weighted by Crippen LogP contribution is 2.32. The van der Waals surface area contributed by atoms with Crippen molar-refractivity contribution in [2.75, 3.05) is 11.4 Å². The van der Waals surface area contributed by atoms with Crippen molar-refractivity contribution in [1.82, 2.24) is 0 Å². The summed E-state index contributed by atoms with van der Waals surface area (Å²) in [5, 5.41) is 11.7. The molecule has 3 nitrogen and oxygen atoms in total. The maximum absolute atomic E-state index is 12.4. The van der Waals surface area contributed by atoms with Gasteiger partial charge in [-0.3, -0.25) is 4.79 Å². The van der Waals surface area contributed by atoms with Crippen LogP contribution in [0, 0.1) is 6.92 Å². The van der Waals surface area contributed by atoms with E-state index in [-0.39, 0.29) is 12.5 Å². The summed E-state index contributed by atoms with van der Waals surface area (Å²) < 4.78 is 0. The third-order valence-corrected chi connectivity index (χ3v) is 4.62. The number of carbonyl (C=O) groups excluding carboxylic acids is 1. The lowest BCUT2D eigenvalue weighted by Crippen LogP contribution is -2.44. The Bertz CT molecular complexity index is 818. The molecule has 1 amide bonds. The molecule has 0 radical (unpaired) electrons. The Balaban J connectivity index is 2.07. The summed E-state index contributed by atoms with van der Waals surface area (Å²) in [6, 6.07) is 26.7. The third-order valence-electron chi connectivity index (χ3n) is 4.62. The molecule has 132 valence electrons. The van der Waals surface area contributed by atoms with E-state index in [1.807, 2.05) is 91.9 Å². The highest BCUT2D eigenvalue weighted by Gasteiger charge is 2.35. The van der Waals surface area contributed by atoms with Crippen LogP contribution in [0.5, 0.6) is 0 Å². The van der Waals surface area contributed by atoms with Crippen molar-refractivity contribution in [3.63, 3.8) is 0 Å². The van der Waals surface area contributed by atoms with Crippen LogP contribution >= 0.6 is 0 Å². The Morgan fingerprint density at radius 2 is 1.31 bits per heavy atom. The van der Waals surface area contributed by atoms with E-state index >= 15 is 0 Å². The van der Waals surface area contributed by atoms with E-state index in [9.17, 15) is 9.90 Å². The number of aliphatic hydroxyl groups is 1. The van der Waals surface area contributed by atoms with Gasteiger partial charge in [0.05, 0.1) is 6.54 Å². The second-order valence-electron chi connectivity index (χ2n) is 6.53. The summed E-state index contributed by atoms with van der Waals surface area (Å²) in [7, 11) is 0. The highest BCUT2D eigenvalue weighted by molar-refractivity contribution is 5.91. The molecule has 0 saturated heterocycles. The van der Waals surface area contributed by atoms with Gasteiger partial charge in [-0.25, -0.2) is 0 Å². The molecule has 1 N–H and O–H groups in total. The number of carbonyl (C=O) groups is 1. The Labute approximate surface area is 154 Å². The second-order valence-corrected chi connectivity index (χ2v) is 6.53. The Kier molecular flexibility index (Phi) is 5.19. The molecule has 0 bridgehead atoms. The summed E-state index contributed by atoms with van der Waals surface area (Å²) >= 11 is 0. The lowest BCUT2D eigenvalue weighted by atomic mass is 9.85. The van der Waals surface area contributed by atoms with Gasteiger partial charge in [0.15, 0.2) is 0 Å². The molecule has 3 heteroatoms. The summed E-state index contributed by atoms with van der Waals surface area (Å²) in [5.74, 6) is -0.112. The van der Waals surface area contributed by atoms with E-state index in [4.69, 9.17) is 0 Å². The molecule has 0 aliphatic rings. The first-order chi connectivity index (χ1) is 12.5. The smallest absolute Gasteiger partial charge is 0.223 e. The third kappa shape index (κ3) is 3.68. The fourth-order valence-electron chi connectivity index (χ4n) is 3.11. The van der Waals surface area contributed by atoms with Crippen LogP contribution < -0.4 is 4.90 Å². The van der Waals surface area contributed by atoms with Crippen LogP contribution in [0.3, 0.4) is 0 Å². The molecule has 0 unspecified atom stereocenters. The van der Waals surface area contributed by atoms with Gasteiger partial charge in [-0.05, 0) is 30.2 Å². The zero-order valence-electron chi connectivity index (χ0n) is 15.1. The Hall–Kier alpha value is -2.91. The van der Waals surface area contributed by atoms with Gasteiger partial charge in [0.2, 0.25) is 5.91 Å². The number of hydrogen-bond donors (Lipinski definition) is 1. The molecule has 0 fully saturated rings. The summed E-state index contributed by atoms with van der Waals surface area (Å²) in [6.07, 6.45) is 0. The normalized spacial score (nSPS) is 11.2. The molecule has 26 heavy (non-hydrogen) atoms. The number of aryl methyl sites for hydroxylation is 1. The zero-order chi connectivity index (χ0) is 18.6. The average Bonchev–Trinajstić information content (AvgIpc) is 2.68. The van der Waals surface area contributed by atoms with Crippen molar-refractivity contribution in [2.45, 2.75) is 19.4 Å². The van der Waals surface area contributed by atoms with Crippen LogP contribution in [-0.2, 0) is 10.4 Å². The quantitative estimate of drug-likeness (QED) is 0.750. The summed E-state index contributed by atoms with van der Waals surface area (Å²) in [4.78, 5) is 14.0. The number of amides is 1. The van der Waals surface area contributed by atoms with E-state index < -0.39 is 5.60 Å². The molecule has 0 aromatic heterocycles. The molecule has 3 aromatic rings. The number of nitrogens with zero attached hydrogens (tertiary/aromatic N) is 1. The van der Waals surface area contributed by atoms with E-state index in [0.29, 0.717) is 0 Å². The van der Waals surface area contributed by atoms with E-state index in [2.05, 4.69) is 0 Å². The van der Waals surface area contributed by atoms with Crippen molar-refractivity contribution in [2.24, 2.45) is 0 Å². The fraction of sp³-hybridized carbons (Fsp3) is 0.174. The highest BCUT2D eigenvalue weighted by atomic mass is 16.3. The van der Waals surface area contributed by atoms with Gasteiger partial charge in [-0.15, -0.1) is 0 Å². The number of benzene rings is 3. The minimum Gasteiger partial charge on any atom is -0.378 e. The first-order valence-electron chi connectivity index (χ1n) is 8.69. The molecule has 0 aliphatic carbocycles. The Morgan fingerprint density at radius 1 is 0.846 bits per heavy atom. The first-order valence-corrected chi connectivity index (χ1v) is 8.69. The fourth-order valence-corrected chi connectivity index (χ4v) is 3.11. The van der Waals surface area contributed by atoms with E-state index in [0.717, 1.165) is 22.4 Å². The predicted molar refractivity (Wildman–Crippen MR) is 105 cm³/mol. The molecule has 0 heterocycles. The molecule has 3 aromatic carbocycles. The largest absolute Gasteiger partial charge is 0.378 e. The van der Waals surface area contributed by atoms with Gasteiger partial charge in [0, 0.05) is 12.6 Å². The molecular formula is C23H23NO2. The molecule has 0 saturated carbocycles. The zero-order valence-corrected chi connectivity index (χ0v) is 15.1. The van der Waals surface area contributed by atoms with Gasteiger partial charge in [0.25, 0.3) is 0 Å². The molecular weight excluding hydrogens is 322 g/mol. The van der Waals surface area contributed by atoms with Crippen molar-refractivity contribution in [1.29, 1.82) is 0 Å². The van der Waals surface area contributed by atoms with Gasteiger partial charge in [0.1, 0.15) is 5.60 Å². The lowest BCUT2D eigenvalue weighted by Gasteiger charge is -2.35. The van der Waals surface area contributed by atoms with Crippen LogP contribution in [0.25, 0.3) is 0 Å². The van der Waals surface area contributed by atoms with Gasteiger partial charge >= 0.3 is 0 Å². The minimum atomic E-state index is -1.31. The molecule has 0 spiro atoms. The van der Waals surface area contributed by atoms with Crippen LogP contribution in [0.4, 0.5) is 5.69 Å². The Morgan fingerprint density at radius 3 is 1.73 bits per heavy atom. The number of rotatable bonds is 5. The topological polar surface area (TPSA) is 40.5 Å². The van der Waals surface area contributed by atoms with Crippen LogP contribution in [0.15, 0.2) is 84.9 Å². The summed E-state index contributed by atoms with van der Waals surface area (Å²) in [6.45, 7) is 3.67. The molecule has 0 aliphatic heterocycles.